The van der Waals surface area contributed by atoms with Crippen molar-refractivity contribution in [3.8, 4) is 39.3 Å². The van der Waals surface area contributed by atoms with Gasteiger partial charge in [0.05, 0.1) is 57.5 Å². The summed E-state index contributed by atoms with van der Waals surface area (Å²) in [6.45, 7) is 11.8. The number of nitrogens with two attached hydrogens (primary N) is 1. The average Bonchev–Trinajstić information content (AvgIpc) is 4.26. The number of para-hydroxylation sites is 1. The number of nitrogens with one attached hydrogen (secondary N) is 1. The number of aromatic hydroxyl groups is 1. The number of likely N-dealkylation sites (tertiary alicyclic amines) is 2. The predicted octanol–water partition coefficient (Wildman–Crippen LogP) is 7.20. The number of phenolic OH excluding ortho intramolecular Hbond substituents is 1. The zero-order chi connectivity index (χ0) is 54.2. The highest BCUT2D eigenvalue weighted by molar-refractivity contribution is 7.13. The Labute approximate surface area is 462 Å². The van der Waals surface area contributed by atoms with Crippen molar-refractivity contribution in [2.45, 2.75) is 127 Å². The number of rotatable bonds is 18. The number of piperazine rings is 1. The van der Waals surface area contributed by atoms with Crippen LogP contribution in [-0.4, -0.2) is 151 Å². The minimum absolute atomic E-state index is 0.00353. The first kappa shape index (κ1) is 53.4. The van der Waals surface area contributed by atoms with E-state index in [4.69, 9.17) is 36.1 Å². The highest BCUT2D eigenvalue weighted by Crippen LogP contribution is 2.42. The lowest BCUT2D eigenvalue weighted by Gasteiger charge is -2.43. The van der Waals surface area contributed by atoms with Crippen LogP contribution < -0.4 is 30.3 Å². The number of carbonyl (C=O) groups is 2. The molecule has 5 fully saturated rings. The monoisotopic (exact) mass is 1100 g/mol. The van der Waals surface area contributed by atoms with Crippen molar-refractivity contribution < 1.29 is 38.5 Å². The third-order valence-corrected chi connectivity index (χ3v) is 17.4. The lowest BCUT2D eigenvalue weighted by Crippen LogP contribution is -2.54. The predicted molar refractivity (Wildman–Crippen MR) is 295 cm³/mol. The van der Waals surface area contributed by atoms with E-state index >= 15 is 0 Å². The molecule has 6 atom stereocenters. The van der Waals surface area contributed by atoms with Crippen LogP contribution in [-0.2, 0) is 14.3 Å². The Balaban J connectivity index is 0.610. The number of aromatic nitrogens is 6. The standard InChI is InChI=1S/C56H67ClN12O8S/c1-31(2)49(56(73)68-29-38(70)22-46(68)54(72)62-32(3)34-9-12-43(60-26-34)52-33(4)61-30-78-52)51-50(57)55(65-77-51)74-20-19-66-17-14-39(15-18-66)75-40-23-41(24-40)76-48-21-35(13-16-59-48)69-36-10-11-37(69)28-67(27-36)45-25-44(63-64-53(45)58)42-7-5-6-8-47(42)71/h5-9,12-13,16,21,25-26,30-32,36-41,46,49,70-71H,10-11,14-15,17-20,22-24,27-29H2,1-4H3,(H2,58,64)(H,62,72)/t32-,36?,37?,38+,40-,41-,46-,49-/m0/s1. The Morgan fingerprint density at radius 1 is 0.923 bits per heavy atom. The van der Waals surface area contributed by atoms with Crippen LogP contribution in [0.3, 0.4) is 0 Å². The first-order chi connectivity index (χ1) is 37.7. The summed E-state index contributed by atoms with van der Waals surface area (Å²) in [6.07, 6.45) is 8.69. The summed E-state index contributed by atoms with van der Waals surface area (Å²) in [5.74, 6) is -0.463. The van der Waals surface area contributed by atoms with Gasteiger partial charge in [0.15, 0.2) is 11.6 Å². The summed E-state index contributed by atoms with van der Waals surface area (Å²) < 4.78 is 24.7. The van der Waals surface area contributed by atoms with Gasteiger partial charge in [-0.1, -0.05) is 43.6 Å². The normalized spacial score (nSPS) is 23.3. The third kappa shape index (κ3) is 11.3. The van der Waals surface area contributed by atoms with Crippen LogP contribution in [0.4, 0.5) is 17.2 Å². The Kier molecular flexibility index (Phi) is 15.7. The molecule has 20 nitrogen and oxygen atoms in total. The van der Waals surface area contributed by atoms with Gasteiger partial charge in [0.1, 0.15) is 35.4 Å². The van der Waals surface area contributed by atoms with Gasteiger partial charge in [-0.15, -0.1) is 21.5 Å². The Hall–Kier alpha value is -6.65. The number of nitrogen functional groups attached to an aromatic ring is 1. The number of β-amino-alcohol motifs (C(OH)–C–C–N with tert-alkyl or cyclic N) is 1. The maximum atomic E-state index is 14.3. The number of carbonyl (C=O) groups excluding carboxylic acids is 2. The van der Waals surface area contributed by atoms with Crippen LogP contribution in [0, 0.1) is 12.8 Å². The van der Waals surface area contributed by atoms with E-state index < -0.39 is 24.1 Å². The van der Waals surface area contributed by atoms with E-state index in [0.29, 0.717) is 36.1 Å². The molecule has 2 amide bonds. The van der Waals surface area contributed by atoms with E-state index in [-0.39, 0.29) is 83.5 Å². The van der Waals surface area contributed by atoms with Gasteiger partial charge in [-0.3, -0.25) is 19.5 Å². The van der Waals surface area contributed by atoms with E-state index in [1.165, 1.54) is 16.2 Å². The summed E-state index contributed by atoms with van der Waals surface area (Å²) in [5, 5.41) is 37.0. The molecule has 5 aliphatic rings. The molecular formula is C56H67ClN12O8S. The number of fused-ring (bicyclic) bond motifs is 2. The average molecular weight is 1100 g/mol. The van der Waals surface area contributed by atoms with Gasteiger partial charge >= 0.3 is 0 Å². The number of ether oxygens (including phenoxy) is 3. The van der Waals surface area contributed by atoms with Crippen molar-refractivity contribution in [3.05, 3.63) is 94.5 Å². The van der Waals surface area contributed by atoms with Gasteiger partial charge in [-0.25, -0.2) is 9.97 Å². The van der Waals surface area contributed by atoms with E-state index in [0.717, 1.165) is 97.9 Å². The van der Waals surface area contributed by atoms with Crippen LogP contribution >= 0.6 is 22.9 Å². The van der Waals surface area contributed by atoms with Gasteiger partial charge in [-0.05, 0) is 86.5 Å². The number of nitrogens with zero attached hydrogens (tertiary/aromatic N) is 10. The van der Waals surface area contributed by atoms with Crippen molar-refractivity contribution in [3.63, 3.8) is 0 Å². The molecule has 1 aliphatic carbocycles. The Bertz CT molecular complexity index is 3060. The molecule has 22 heteroatoms. The fraction of sp³-hybridized carbons (Fsp3) is 0.500. The minimum Gasteiger partial charge on any atom is -0.507 e. The summed E-state index contributed by atoms with van der Waals surface area (Å²) in [5.41, 5.74) is 13.8. The number of phenols is 1. The molecule has 11 rings (SSSR count). The molecule has 2 unspecified atom stereocenters. The lowest BCUT2D eigenvalue weighted by molar-refractivity contribution is -0.141. The summed E-state index contributed by atoms with van der Waals surface area (Å²) in [7, 11) is 0. The zero-order valence-electron chi connectivity index (χ0n) is 44.3. The van der Waals surface area contributed by atoms with E-state index in [2.05, 4.69) is 62.5 Å². The quantitative estimate of drug-likeness (QED) is 0.0665. The molecule has 1 aromatic carbocycles. The van der Waals surface area contributed by atoms with Crippen LogP contribution in [0.15, 0.2) is 77.0 Å². The number of thiazole rings is 1. The molecule has 9 heterocycles. The number of hydrogen-bond donors (Lipinski definition) is 4. The van der Waals surface area contributed by atoms with Crippen LogP contribution in [0.2, 0.25) is 5.02 Å². The van der Waals surface area contributed by atoms with Crippen molar-refractivity contribution >= 4 is 51.9 Å². The second kappa shape index (κ2) is 23.0. The topological polar surface area (TPSA) is 244 Å². The molecule has 0 radical (unpaired) electrons. The number of anilines is 3. The van der Waals surface area contributed by atoms with E-state index in [1.807, 2.05) is 64.2 Å². The first-order valence-electron chi connectivity index (χ1n) is 27.1. The maximum absolute atomic E-state index is 14.3. The van der Waals surface area contributed by atoms with Crippen LogP contribution in [0.5, 0.6) is 17.5 Å². The van der Waals surface area contributed by atoms with E-state index in [9.17, 15) is 19.8 Å². The summed E-state index contributed by atoms with van der Waals surface area (Å²) >= 11 is 8.37. The molecule has 78 heavy (non-hydrogen) atoms. The highest BCUT2D eigenvalue weighted by atomic mass is 35.5. The van der Waals surface area contributed by atoms with Gasteiger partial charge in [0.2, 0.25) is 17.7 Å². The van der Waals surface area contributed by atoms with Gasteiger partial charge in [0, 0.05) is 100 Å². The van der Waals surface area contributed by atoms with E-state index in [1.54, 1.807) is 23.8 Å². The number of aliphatic hydroxyl groups excluding tert-OH is 1. The van der Waals surface area contributed by atoms with Crippen LogP contribution in [0.1, 0.15) is 94.7 Å². The number of pyridine rings is 2. The summed E-state index contributed by atoms with van der Waals surface area (Å²) in [6, 6.07) is 16.3. The number of hydrogen-bond acceptors (Lipinski definition) is 19. The molecule has 412 valence electrons. The van der Waals surface area contributed by atoms with Crippen molar-refractivity contribution in [2.75, 3.05) is 61.4 Å². The second-order valence-corrected chi connectivity index (χ2v) is 22.9. The zero-order valence-corrected chi connectivity index (χ0v) is 45.9. The van der Waals surface area contributed by atoms with Crippen molar-refractivity contribution in [1.29, 1.82) is 0 Å². The summed E-state index contributed by atoms with van der Waals surface area (Å²) in [4.78, 5) is 51.2. The molecule has 6 aromatic rings. The number of halogens is 1. The second-order valence-electron chi connectivity index (χ2n) is 21.7. The Morgan fingerprint density at radius 2 is 1.71 bits per heavy atom. The molecule has 4 aliphatic heterocycles. The van der Waals surface area contributed by atoms with Crippen LogP contribution in [0.25, 0.3) is 21.8 Å². The fourth-order valence-electron chi connectivity index (χ4n) is 11.8. The number of amides is 2. The molecule has 4 saturated heterocycles. The number of aliphatic hydroxyl groups is 1. The highest BCUT2D eigenvalue weighted by Gasteiger charge is 2.45. The molecule has 2 bridgehead atoms. The maximum Gasteiger partial charge on any atom is 0.273 e. The first-order valence-corrected chi connectivity index (χ1v) is 28.4. The molecular weight excluding hydrogens is 1040 g/mol. The Morgan fingerprint density at radius 3 is 2.42 bits per heavy atom. The third-order valence-electron chi connectivity index (χ3n) is 16.1. The van der Waals surface area contributed by atoms with Crippen molar-refractivity contribution in [2.24, 2.45) is 5.92 Å². The fourth-order valence-corrected chi connectivity index (χ4v) is 12.8. The number of aryl methyl sites for hydroxylation is 1. The number of benzene rings is 1. The SMILES string of the molecule is Cc1ncsc1-c1ccc([C@H](C)NC(=O)[C@@H]2C[C@@H](O)CN2C(=O)[C@H](c2onc(OCCN3CCC(O[C@H]4C[C@H](Oc5cc(N6C7CCC6CN(c6cc(-c8ccccc8O)nnc6N)C7)ccn5)C4)CC3)c2Cl)C(C)C)cn1. The molecule has 0 spiro atoms. The largest absolute Gasteiger partial charge is 0.507 e. The molecule has 5 N–H and O–H groups in total. The molecule has 1 saturated carbocycles. The minimum atomic E-state index is -0.897. The van der Waals surface area contributed by atoms with Gasteiger partial charge in [0.25, 0.3) is 5.88 Å². The number of piperidine rings is 1. The lowest BCUT2D eigenvalue weighted by atomic mass is 9.91. The van der Waals surface area contributed by atoms with Gasteiger partial charge in [-0.2, -0.15) is 0 Å². The van der Waals surface area contributed by atoms with Gasteiger partial charge < -0.3 is 54.7 Å². The smallest absolute Gasteiger partial charge is 0.273 e. The van der Waals surface area contributed by atoms with Crippen molar-refractivity contribution in [1.82, 2.24) is 45.4 Å². The molecule has 5 aromatic heterocycles.